The van der Waals surface area contributed by atoms with Crippen LogP contribution in [0.2, 0.25) is 0 Å². The number of ketones is 1. The van der Waals surface area contributed by atoms with Crippen LogP contribution in [0, 0.1) is 5.92 Å². The van der Waals surface area contributed by atoms with Gasteiger partial charge in [-0.05, 0) is 37.3 Å². The molecular weight excluding hydrogens is 208 g/mol. The maximum atomic E-state index is 11.7. The van der Waals surface area contributed by atoms with Gasteiger partial charge in [0.1, 0.15) is 0 Å². The highest BCUT2D eigenvalue weighted by Gasteiger charge is 2.20. The van der Waals surface area contributed by atoms with E-state index in [0.29, 0.717) is 18.1 Å². The van der Waals surface area contributed by atoms with Gasteiger partial charge in [0.2, 0.25) is 0 Å². The van der Waals surface area contributed by atoms with Crippen LogP contribution in [0.5, 0.6) is 0 Å². The van der Waals surface area contributed by atoms with Gasteiger partial charge in [0.25, 0.3) is 0 Å². The maximum Gasteiger partial charge on any atom is 0.158 e. The highest BCUT2D eigenvalue weighted by molar-refractivity contribution is 5.96. The molecule has 1 aromatic carbocycles. The molecule has 1 nitrogen and oxygen atoms in total. The number of carbonyl (C=O) groups is 1. The second kappa shape index (κ2) is 5.13. The molecule has 1 aliphatic rings. The lowest BCUT2D eigenvalue weighted by Crippen LogP contribution is -2.15. The minimum Gasteiger partial charge on any atom is -0.295 e. The van der Waals surface area contributed by atoms with Crippen LogP contribution in [0.25, 0.3) is 6.08 Å². The standard InChI is InChI=1S/C16H18O/c1-12-8-9-15(11-16(12)17)13(2)10-14-6-4-3-5-7-14/h3-8,10,15H,9,11H2,1-2H3/b13-10-. The fourth-order valence-corrected chi connectivity index (χ4v) is 2.18. The monoisotopic (exact) mass is 226 g/mol. The summed E-state index contributed by atoms with van der Waals surface area (Å²) in [5, 5.41) is 0. The summed E-state index contributed by atoms with van der Waals surface area (Å²) >= 11 is 0. The van der Waals surface area contributed by atoms with Gasteiger partial charge >= 0.3 is 0 Å². The molecule has 0 bridgehead atoms. The van der Waals surface area contributed by atoms with Crippen molar-refractivity contribution in [2.24, 2.45) is 5.92 Å². The Bertz CT molecular complexity index is 466. The smallest absolute Gasteiger partial charge is 0.158 e. The van der Waals surface area contributed by atoms with Crippen molar-refractivity contribution in [2.75, 3.05) is 0 Å². The first kappa shape index (κ1) is 11.8. The molecule has 17 heavy (non-hydrogen) atoms. The van der Waals surface area contributed by atoms with Crippen molar-refractivity contribution in [1.29, 1.82) is 0 Å². The Morgan fingerprint density at radius 2 is 2.00 bits per heavy atom. The van der Waals surface area contributed by atoms with E-state index in [9.17, 15) is 4.79 Å². The summed E-state index contributed by atoms with van der Waals surface area (Å²) in [5.74, 6) is 0.675. The van der Waals surface area contributed by atoms with Gasteiger partial charge in [0.05, 0.1) is 0 Å². The highest BCUT2D eigenvalue weighted by atomic mass is 16.1. The zero-order valence-electron chi connectivity index (χ0n) is 10.4. The minimum atomic E-state index is 0.294. The fraction of sp³-hybridized carbons (Fsp3) is 0.312. The predicted octanol–water partition coefficient (Wildman–Crippen LogP) is 4.02. The van der Waals surface area contributed by atoms with Crippen molar-refractivity contribution < 1.29 is 4.79 Å². The molecule has 0 amide bonds. The maximum absolute atomic E-state index is 11.7. The molecule has 0 saturated heterocycles. The van der Waals surface area contributed by atoms with Crippen LogP contribution in [0.15, 0.2) is 47.6 Å². The quantitative estimate of drug-likeness (QED) is 0.744. The Balaban J connectivity index is 2.14. The molecule has 0 aliphatic heterocycles. The number of allylic oxidation sites excluding steroid dienone is 3. The number of hydrogen-bond acceptors (Lipinski definition) is 1. The van der Waals surface area contributed by atoms with Crippen LogP contribution in [0.1, 0.15) is 32.3 Å². The Labute approximate surface area is 103 Å². The summed E-state index contributed by atoms with van der Waals surface area (Å²) in [6.07, 6.45) is 5.91. The lowest BCUT2D eigenvalue weighted by atomic mass is 9.84. The SMILES string of the molecule is CC1=CCC(/C(C)=C\c2ccccc2)CC1=O. The summed E-state index contributed by atoms with van der Waals surface area (Å²) < 4.78 is 0. The molecule has 0 N–H and O–H groups in total. The van der Waals surface area contributed by atoms with Crippen LogP contribution in [0.4, 0.5) is 0 Å². The van der Waals surface area contributed by atoms with Crippen LogP contribution in [-0.4, -0.2) is 5.78 Å². The Morgan fingerprint density at radius 3 is 2.65 bits per heavy atom. The number of carbonyl (C=O) groups excluding carboxylic acids is 1. The second-order valence-corrected chi connectivity index (χ2v) is 4.75. The van der Waals surface area contributed by atoms with Crippen molar-refractivity contribution in [2.45, 2.75) is 26.7 Å². The van der Waals surface area contributed by atoms with E-state index in [1.54, 1.807) is 0 Å². The molecule has 88 valence electrons. The Hall–Kier alpha value is -1.63. The topological polar surface area (TPSA) is 17.1 Å². The number of Topliss-reactive ketones (excluding diaryl/α,β-unsaturated/α-hetero) is 1. The van der Waals surface area contributed by atoms with Gasteiger partial charge in [-0.1, -0.05) is 48.1 Å². The Morgan fingerprint density at radius 1 is 1.29 bits per heavy atom. The number of rotatable bonds is 2. The molecule has 0 fully saturated rings. The third-order valence-electron chi connectivity index (χ3n) is 3.42. The van der Waals surface area contributed by atoms with Gasteiger partial charge < -0.3 is 0 Å². The van der Waals surface area contributed by atoms with E-state index >= 15 is 0 Å². The molecule has 0 heterocycles. The second-order valence-electron chi connectivity index (χ2n) is 4.75. The van der Waals surface area contributed by atoms with Gasteiger partial charge in [-0.15, -0.1) is 0 Å². The summed E-state index contributed by atoms with van der Waals surface area (Å²) in [6, 6.07) is 10.3. The van der Waals surface area contributed by atoms with Crippen molar-refractivity contribution in [3.63, 3.8) is 0 Å². The lowest BCUT2D eigenvalue weighted by Gasteiger charge is -2.20. The first-order valence-electron chi connectivity index (χ1n) is 6.10. The molecular formula is C16H18O. The molecule has 1 aromatic rings. The normalized spacial score (nSPS) is 21.3. The third kappa shape index (κ3) is 2.94. The van der Waals surface area contributed by atoms with Gasteiger partial charge in [0.15, 0.2) is 5.78 Å². The molecule has 1 heteroatoms. The first-order chi connectivity index (χ1) is 8.16. The summed E-state index contributed by atoms with van der Waals surface area (Å²) in [5.41, 5.74) is 3.44. The summed E-state index contributed by atoms with van der Waals surface area (Å²) in [6.45, 7) is 4.04. The van der Waals surface area contributed by atoms with Crippen LogP contribution in [-0.2, 0) is 4.79 Å². The fourth-order valence-electron chi connectivity index (χ4n) is 2.18. The van der Waals surface area contributed by atoms with E-state index in [0.717, 1.165) is 12.0 Å². The molecule has 0 spiro atoms. The van der Waals surface area contributed by atoms with Gasteiger partial charge in [-0.3, -0.25) is 4.79 Å². The zero-order valence-corrected chi connectivity index (χ0v) is 10.4. The largest absolute Gasteiger partial charge is 0.295 e. The van der Waals surface area contributed by atoms with Crippen molar-refractivity contribution in [1.82, 2.24) is 0 Å². The van der Waals surface area contributed by atoms with Gasteiger partial charge in [0, 0.05) is 6.42 Å². The summed E-state index contributed by atoms with van der Waals surface area (Å²) in [7, 11) is 0. The average molecular weight is 226 g/mol. The van der Waals surface area contributed by atoms with Gasteiger partial charge in [-0.25, -0.2) is 0 Å². The van der Waals surface area contributed by atoms with E-state index in [-0.39, 0.29) is 0 Å². The van der Waals surface area contributed by atoms with Crippen LogP contribution in [0.3, 0.4) is 0 Å². The minimum absolute atomic E-state index is 0.294. The van der Waals surface area contributed by atoms with Crippen LogP contribution >= 0.6 is 0 Å². The van der Waals surface area contributed by atoms with Crippen molar-refractivity contribution in [3.05, 3.63) is 53.1 Å². The van der Waals surface area contributed by atoms with E-state index in [1.807, 2.05) is 25.1 Å². The lowest BCUT2D eigenvalue weighted by molar-refractivity contribution is -0.116. The molecule has 1 unspecified atom stereocenters. The molecule has 1 aliphatic carbocycles. The molecule has 0 radical (unpaired) electrons. The molecule has 1 atom stereocenters. The van der Waals surface area contributed by atoms with E-state index in [1.165, 1.54) is 11.1 Å². The molecule has 0 aromatic heterocycles. The van der Waals surface area contributed by atoms with E-state index < -0.39 is 0 Å². The average Bonchev–Trinajstić information content (AvgIpc) is 2.34. The van der Waals surface area contributed by atoms with E-state index in [4.69, 9.17) is 0 Å². The Kier molecular flexibility index (Phi) is 3.58. The summed E-state index contributed by atoms with van der Waals surface area (Å²) in [4.78, 5) is 11.7. The molecule has 0 saturated carbocycles. The number of benzene rings is 1. The first-order valence-corrected chi connectivity index (χ1v) is 6.10. The van der Waals surface area contributed by atoms with Crippen LogP contribution < -0.4 is 0 Å². The van der Waals surface area contributed by atoms with E-state index in [2.05, 4.69) is 31.2 Å². The van der Waals surface area contributed by atoms with Gasteiger partial charge in [-0.2, -0.15) is 0 Å². The predicted molar refractivity (Wildman–Crippen MR) is 71.6 cm³/mol. The number of hydrogen-bond donors (Lipinski definition) is 0. The highest BCUT2D eigenvalue weighted by Crippen LogP contribution is 2.27. The zero-order chi connectivity index (χ0) is 12.3. The third-order valence-corrected chi connectivity index (χ3v) is 3.42. The van der Waals surface area contributed by atoms with Crippen molar-refractivity contribution >= 4 is 11.9 Å². The van der Waals surface area contributed by atoms with Crippen molar-refractivity contribution in [3.8, 4) is 0 Å². The molecule has 2 rings (SSSR count).